The van der Waals surface area contributed by atoms with E-state index in [0.29, 0.717) is 22.7 Å². The molecular formula is C22H19FN6OS. The van der Waals surface area contributed by atoms with Crippen LogP contribution in [0.4, 0.5) is 10.1 Å². The second kappa shape index (κ2) is 8.43. The molecule has 3 heterocycles. The van der Waals surface area contributed by atoms with Gasteiger partial charge in [-0.05, 0) is 42.2 Å². The van der Waals surface area contributed by atoms with Gasteiger partial charge in [0.15, 0.2) is 11.2 Å². The van der Waals surface area contributed by atoms with Gasteiger partial charge in [0.1, 0.15) is 17.2 Å². The lowest BCUT2D eigenvalue weighted by molar-refractivity contribution is -0.116. The number of benzene rings is 2. The Bertz CT molecular complexity index is 1240. The zero-order chi connectivity index (χ0) is 21.2. The van der Waals surface area contributed by atoms with Crippen LogP contribution in [0.5, 0.6) is 0 Å². The minimum absolute atomic E-state index is 0.0441. The smallest absolute Gasteiger partial charge is 0.237 e. The molecule has 2 aromatic carbocycles. The second-order valence-corrected chi connectivity index (χ2v) is 8.25. The molecule has 1 aliphatic heterocycles. The fraction of sp³-hybridized carbons (Fsp3) is 0.227. The maximum Gasteiger partial charge on any atom is 0.237 e. The highest BCUT2D eigenvalue weighted by molar-refractivity contribution is 8.00. The van der Waals surface area contributed by atoms with Gasteiger partial charge in [-0.25, -0.2) is 19.0 Å². The van der Waals surface area contributed by atoms with E-state index in [1.165, 1.54) is 35.8 Å². The van der Waals surface area contributed by atoms with Crippen molar-refractivity contribution in [2.45, 2.75) is 24.4 Å². The van der Waals surface area contributed by atoms with E-state index in [-0.39, 0.29) is 17.5 Å². The van der Waals surface area contributed by atoms with Gasteiger partial charge in [-0.15, -0.1) is 5.10 Å². The molecule has 0 aliphatic carbocycles. The molecule has 2 aromatic heterocycles. The van der Waals surface area contributed by atoms with Crippen LogP contribution >= 0.6 is 11.8 Å². The lowest BCUT2D eigenvalue weighted by Gasteiger charge is -2.29. The van der Waals surface area contributed by atoms with Crippen LogP contribution in [-0.4, -0.2) is 43.2 Å². The lowest BCUT2D eigenvalue weighted by atomic mass is 10.0. The summed E-state index contributed by atoms with van der Waals surface area (Å²) in [7, 11) is 0. The first kappa shape index (κ1) is 19.6. The number of aromatic nitrogens is 5. The first-order valence-corrected chi connectivity index (χ1v) is 11.0. The van der Waals surface area contributed by atoms with Gasteiger partial charge < -0.3 is 4.90 Å². The third-order valence-electron chi connectivity index (χ3n) is 5.26. The van der Waals surface area contributed by atoms with Crippen LogP contribution in [0.3, 0.4) is 0 Å². The van der Waals surface area contributed by atoms with Crippen molar-refractivity contribution < 1.29 is 9.18 Å². The highest BCUT2D eigenvalue weighted by Gasteiger charge is 2.23. The molecule has 4 aromatic rings. The lowest BCUT2D eigenvalue weighted by Crippen LogP contribution is -2.36. The maximum absolute atomic E-state index is 13.1. The molecule has 0 saturated heterocycles. The minimum atomic E-state index is -0.283. The van der Waals surface area contributed by atoms with Crippen molar-refractivity contribution >= 4 is 34.5 Å². The highest BCUT2D eigenvalue weighted by atomic mass is 32.2. The summed E-state index contributed by atoms with van der Waals surface area (Å²) in [4.78, 5) is 23.4. The van der Waals surface area contributed by atoms with Gasteiger partial charge in [0.25, 0.3) is 0 Å². The minimum Gasteiger partial charge on any atom is -0.311 e. The molecular weight excluding hydrogens is 415 g/mol. The second-order valence-electron chi connectivity index (χ2n) is 7.29. The molecule has 7 nitrogen and oxygen atoms in total. The topological polar surface area (TPSA) is 76.8 Å². The number of para-hydroxylation sites is 1. The molecule has 0 bridgehead atoms. The fourth-order valence-electron chi connectivity index (χ4n) is 3.75. The predicted molar refractivity (Wildman–Crippen MR) is 116 cm³/mol. The number of fused-ring (bicyclic) bond motifs is 2. The van der Waals surface area contributed by atoms with Crippen molar-refractivity contribution in [2.75, 3.05) is 17.2 Å². The van der Waals surface area contributed by atoms with Crippen LogP contribution in [0.25, 0.3) is 11.2 Å². The summed E-state index contributed by atoms with van der Waals surface area (Å²) < 4.78 is 14.8. The van der Waals surface area contributed by atoms with E-state index in [2.05, 4.69) is 26.3 Å². The molecule has 0 radical (unpaired) electrons. The van der Waals surface area contributed by atoms with E-state index in [4.69, 9.17) is 0 Å². The van der Waals surface area contributed by atoms with Gasteiger partial charge in [0, 0.05) is 12.2 Å². The van der Waals surface area contributed by atoms with Gasteiger partial charge in [-0.3, -0.25) is 4.79 Å². The Hall–Kier alpha value is -3.33. The van der Waals surface area contributed by atoms with Crippen molar-refractivity contribution in [2.24, 2.45) is 0 Å². The molecule has 9 heteroatoms. The molecule has 31 heavy (non-hydrogen) atoms. The Kier molecular flexibility index (Phi) is 5.33. The largest absolute Gasteiger partial charge is 0.311 e. The molecule has 0 atom stereocenters. The average molecular weight is 435 g/mol. The van der Waals surface area contributed by atoms with Crippen molar-refractivity contribution in [3.05, 3.63) is 71.8 Å². The number of nitrogens with zero attached hydrogens (tertiary/aromatic N) is 6. The first-order valence-electron chi connectivity index (χ1n) is 9.99. The van der Waals surface area contributed by atoms with Crippen LogP contribution in [0.2, 0.25) is 0 Å². The predicted octanol–water partition coefficient (Wildman–Crippen LogP) is 3.48. The number of carbonyl (C=O) groups is 1. The Balaban J connectivity index is 1.33. The maximum atomic E-state index is 13.1. The van der Waals surface area contributed by atoms with Gasteiger partial charge in [0.05, 0.1) is 12.3 Å². The van der Waals surface area contributed by atoms with Crippen LogP contribution < -0.4 is 4.90 Å². The van der Waals surface area contributed by atoms with E-state index in [0.717, 1.165) is 30.6 Å². The fourth-order valence-corrected chi connectivity index (χ4v) is 4.55. The van der Waals surface area contributed by atoms with Crippen molar-refractivity contribution in [1.82, 2.24) is 25.0 Å². The molecule has 1 amide bonds. The summed E-state index contributed by atoms with van der Waals surface area (Å²) >= 11 is 1.34. The summed E-state index contributed by atoms with van der Waals surface area (Å²) in [6.07, 6.45) is 3.41. The third-order valence-corrected chi connectivity index (χ3v) is 6.22. The number of rotatable bonds is 5. The van der Waals surface area contributed by atoms with Gasteiger partial charge in [-0.2, -0.15) is 0 Å². The number of hydrogen-bond donors (Lipinski definition) is 0. The Morgan fingerprint density at radius 3 is 2.81 bits per heavy atom. The van der Waals surface area contributed by atoms with Gasteiger partial charge in [0.2, 0.25) is 5.91 Å². The molecule has 0 unspecified atom stereocenters. The van der Waals surface area contributed by atoms with Gasteiger partial charge in [-0.1, -0.05) is 47.3 Å². The number of thioether (sulfide) groups is 1. The SMILES string of the molecule is O=C(CSc1ncnc2c1nnn2Cc1ccc(F)cc1)N1CCCc2ccccc21. The normalized spacial score (nSPS) is 13.4. The van der Waals surface area contributed by atoms with Crippen molar-refractivity contribution in [3.8, 4) is 0 Å². The van der Waals surface area contributed by atoms with E-state index in [1.54, 1.807) is 16.8 Å². The Morgan fingerprint density at radius 2 is 1.94 bits per heavy atom. The van der Waals surface area contributed by atoms with Gasteiger partial charge >= 0.3 is 0 Å². The van der Waals surface area contributed by atoms with E-state index in [9.17, 15) is 9.18 Å². The summed E-state index contributed by atoms with van der Waals surface area (Å²) in [5.41, 5.74) is 4.23. The van der Waals surface area contributed by atoms with Crippen molar-refractivity contribution in [3.63, 3.8) is 0 Å². The number of carbonyl (C=O) groups excluding carboxylic acids is 1. The van der Waals surface area contributed by atoms with Crippen LogP contribution in [0, 0.1) is 5.82 Å². The zero-order valence-corrected chi connectivity index (χ0v) is 17.4. The summed E-state index contributed by atoms with van der Waals surface area (Å²) in [6, 6.07) is 14.3. The Morgan fingerprint density at radius 1 is 1.10 bits per heavy atom. The molecule has 0 saturated carbocycles. The first-order chi connectivity index (χ1) is 15.2. The standard InChI is InChI=1S/C22H19FN6OS/c23-17-9-7-15(8-10-17)12-29-21-20(26-27-29)22(25-14-24-21)31-13-19(30)28-11-3-5-16-4-1-2-6-18(16)28/h1-2,4,6-10,14H,3,5,11-13H2. The number of hydrogen-bond acceptors (Lipinski definition) is 6. The van der Waals surface area contributed by atoms with E-state index in [1.807, 2.05) is 23.1 Å². The number of halogens is 1. The molecule has 156 valence electrons. The van der Waals surface area contributed by atoms with Crippen LogP contribution in [0.1, 0.15) is 17.5 Å². The van der Waals surface area contributed by atoms with Crippen LogP contribution in [-0.2, 0) is 17.8 Å². The van der Waals surface area contributed by atoms with Crippen LogP contribution in [0.15, 0.2) is 59.9 Å². The highest BCUT2D eigenvalue weighted by Crippen LogP contribution is 2.29. The number of aryl methyl sites for hydroxylation is 1. The molecule has 0 N–H and O–H groups in total. The molecule has 0 spiro atoms. The Labute approximate surface area is 182 Å². The van der Waals surface area contributed by atoms with Crippen molar-refractivity contribution in [1.29, 1.82) is 0 Å². The monoisotopic (exact) mass is 434 g/mol. The quantitative estimate of drug-likeness (QED) is 0.354. The van der Waals surface area contributed by atoms with E-state index >= 15 is 0 Å². The zero-order valence-electron chi connectivity index (χ0n) is 16.6. The number of anilines is 1. The molecule has 1 aliphatic rings. The molecule has 0 fully saturated rings. The average Bonchev–Trinajstić information content (AvgIpc) is 3.22. The summed E-state index contributed by atoms with van der Waals surface area (Å²) in [6.45, 7) is 1.14. The number of amides is 1. The summed E-state index contributed by atoms with van der Waals surface area (Å²) in [5.74, 6) is 0.0162. The molecule has 5 rings (SSSR count). The third kappa shape index (κ3) is 4.00. The summed E-state index contributed by atoms with van der Waals surface area (Å²) in [5, 5.41) is 9.03. The van der Waals surface area contributed by atoms with E-state index < -0.39 is 0 Å².